The molecular weight excluding hydrogens is 134 g/mol. The standard InChI is InChI=1S/C10H17N/c1-10(2,3)7-9-5-4-6-11-8-9/h6,8H,4-5,7H2,1-3H3. The summed E-state index contributed by atoms with van der Waals surface area (Å²) >= 11 is 0. The van der Waals surface area contributed by atoms with Crippen LogP contribution in [0.4, 0.5) is 0 Å². The highest BCUT2D eigenvalue weighted by molar-refractivity contribution is 5.60. The van der Waals surface area contributed by atoms with Gasteiger partial charge in [0.15, 0.2) is 0 Å². The molecule has 1 aliphatic rings. The van der Waals surface area contributed by atoms with Gasteiger partial charge in [-0.25, -0.2) is 0 Å². The van der Waals surface area contributed by atoms with E-state index in [1.165, 1.54) is 18.4 Å². The van der Waals surface area contributed by atoms with E-state index < -0.39 is 0 Å². The summed E-state index contributed by atoms with van der Waals surface area (Å²) in [6, 6.07) is 0. The van der Waals surface area contributed by atoms with Gasteiger partial charge in [-0.2, -0.15) is 0 Å². The van der Waals surface area contributed by atoms with E-state index in [2.05, 4.69) is 25.8 Å². The number of hydrogen-bond acceptors (Lipinski definition) is 1. The van der Waals surface area contributed by atoms with E-state index in [0.29, 0.717) is 5.41 Å². The van der Waals surface area contributed by atoms with Crippen LogP contribution in [-0.4, -0.2) is 6.21 Å². The Balaban J connectivity index is 2.49. The minimum Gasteiger partial charge on any atom is -0.269 e. The summed E-state index contributed by atoms with van der Waals surface area (Å²) in [5.74, 6) is 0. The van der Waals surface area contributed by atoms with E-state index in [9.17, 15) is 0 Å². The molecule has 1 rings (SSSR count). The molecule has 62 valence electrons. The Bertz CT molecular complexity index is 182. The van der Waals surface area contributed by atoms with Crippen LogP contribution in [0.2, 0.25) is 0 Å². The average Bonchev–Trinajstić information content (AvgIpc) is 1.85. The first-order valence-electron chi connectivity index (χ1n) is 4.27. The molecule has 1 aliphatic heterocycles. The Kier molecular flexibility index (Phi) is 2.48. The highest BCUT2D eigenvalue weighted by Crippen LogP contribution is 2.27. The molecule has 1 heteroatoms. The van der Waals surface area contributed by atoms with Crippen LogP contribution >= 0.6 is 0 Å². The van der Waals surface area contributed by atoms with Crippen LogP contribution in [0.3, 0.4) is 0 Å². The molecule has 0 unspecified atom stereocenters. The molecule has 0 spiro atoms. The number of rotatable bonds is 1. The summed E-state index contributed by atoms with van der Waals surface area (Å²) in [6.45, 7) is 6.81. The van der Waals surface area contributed by atoms with Gasteiger partial charge in [-0.15, -0.1) is 0 Å². The molecule has 0 fully saturated rings. The van der Waals surface area contributed by atoms with Crippen molar-refractivity contribution >= 4 is 6.21 Å². The van der Waals surface area contributed by atoms with Gasteiger partial charge in [0.25, 0.3) is 0 Å². The summed E-state index contributed by atoms with van der Waals surface area (Å²) in [6.07, 6.45) is 7.54. The molecule has 0 aliphatic carbocycles. The molecule has 0 amide bonds. The second kappa shape index (κ2) is 3.21. The van der Waals surface area contributed by atoms with Gasteiger partial charge in [0.2, 0.25) is 0 Å². The van der Waals surface area contributed by atoms with Crippen molar-refractivity contribution in [3.8, 4) is 0 Å². The Morgan fingerprint density at radius 1 is 1.45 bits per heavy atom. The van der Waals surface area contributed by atoms with E-state index in [1.54, 1.807) is 0 Å². The number of hydrogen-bond donors (Lipinski definition) is 0. The lowest BCUT2D eigenvalue weighted by molar-refractivity contribution is 0.404. The number of nitrogens with zero attached hydrogens (tertiary/aromatic N) is 1. The van der Waals surface area contributed by atoms with Gasteiger partial charge in [-0.05, 0) is 24.7 Å². The molecule has 0 aromatic carbocycles. The van der Waals surface area contributed by atoms with Crippen LogP contribution in [0.5, 0.6) is 0 Å². The average molecular weight is 151 g/mol. The van der Waals surface area contributed by atoms with Gasteiger partial charge in [0.1, 0.15) is 0 Å². The first-order valence-corrected chi connectivity index (χ1v) is 4.27. The zero-order valence-corrected chi connectivity index (χ0v) is 7.72. The zero-order chi connectivity index (χ0) is 8.32. The lowest BCUT2D eigenvalue weighted by Crippen LogP contribution is -2.07. The van der Waals surface area contributed by atoms with Crippen molar-refractivity contribution in [3.63, 3.8) is 0 Å². The normalized spacial score (nSPS) is 18.3. The second-order valence-electron chi connectivity index (χ2n) is 4.40. The molecule has 0 radical (unpaired) electrons. The minimum atomic E-state index is 0.415. The van der Waals surface area contributed by atoms with Crippen molar-refractivity contribution in [2.75, 3.05) is 0 Å². The van der Waals surface area contributed by atoms with Crippen molar-refractivity contribution in [2.45, 2.75) is 40.0 Å². The van der Waals surface area contributed by atoms with E-state index >= 15 is 0 Å². The van der Waals surface area contributed by atoms with E-state index in [1.807, 2.05) is 12.4 Å². The first-order chi connectivity index (χ1) is 5.08. The van der Waals surface area contributed by atoms with Crippen LogP contribution in [-0.2, 0) is 0 Å². The third kappa shape index (κ3) is 3.35. The summed E-state index contributed by atoms with van der Waals surface area (Å²) in [5.41, 5.74) is 1.92. The van der Waals surface area contributed by atoms with Crippen LogP contribution in [0.25, 0.3) is 0 Å². The van der Waals surface area contributed by atoms with Gasteiger partial charge in [0, 0.05) is 12.4 Å². The Morgan fingerprint density at radius 3 is 2.64 bits per heavy atom. The van der Waals surface area contributed by atoms with Crippen LogP contribution < -0.4 is 0 Å². The molecule has 0 bridgehead atoms. The fraction of sp³-hybridized carbons (Fsp3) is 0.700. The fourth-order valence-electron chi connectivity index (χ4n) is 1.36. The third-order valence-electron chi connectivity index (χ3n) is 1.71. The zero-order valence-electron chi connectivity index (χ0n) is 7.72. The lowest BCUT2D eigenvalue weighted by atomic mass is 9.86. The molecule has 0 saturated carbocycles. The van der Waals surface area contributed by atoms with E-state index in [4.69, 9.17) is 0 Å². The smallest absolute Gasteiger partial charge is 0.0256 e. The van der Waals surface area contributed by atoms with Gasteiger partial charge >= 0.3 is 0 Å². The van der Waals surface area contributed by atoms with E-state index in [-0.39, 0.29) is 0 Å². The number of allylic oxidation sites excluding steroid dienone is 1. The summed E-state index contributed by atoms with van der Waals surface area (Å²) in [4.78, 5) is 4.16. The lowest BCUT2D eigenvalue weighted by Gasteiger charge is -2.20. The first kappa shape index (κ1) is 8.51. The molecule has 1 nitrogen and oxygen atoms in total. The highest BCUT2D eigenvalue weighted by Gasteiger charge is 2.13. The van der Waals surface area contributed by atoms with Gasteiger partial charge < -0.3 is 0 Å². The van der Waals surface area contributed by atoms with Crippen molar-refractivity contribution in [1.82, 2.24) is 0 Å². The van der Waals surface area contributed by atoms with Crippen molar-refractivity contribution in [1.29, 1.82) is 0 Å². The third-order valence-corrected chi connectivity index (χ3v) is 1.71. The quantitative estimate of drug-likeness (QED) is 0.546. The molecule has 0 aromatic rings. The molecule has 1 heterocycles. The molecule has 0 saturated heterocycles. The second-order valence-corrected chi connectivity index (χ2v) is 4.40. The summed E-state index contributed by atoms with van der Waals surface area (Å²) < 4.78 is 0. The van der Waals surface area contributed by atoms with Crippen LogP contribution in [0, 0.1) is 5.41 Å². The predicted molar refractivity (Wildman–Crippen MR) is 49.9 cm³/mol. The van der Waals surface area contributed by atoms with Gasteiger partial charge in [-0.1, -0.05) is 26.3 Å². The fourth-order valence-corrected chi connectivity index (χ4v) is 1.36. The SMILES string of the molecule is CC(C)(C)CC1=CN=CCC1. The largest absolute Gasteiger partial charge is 0.269 e. The molecule has 0 aromatic heterocycles. The topological polar surface area (TPSA) is 12.4 Å². The molecular formula is C10H17N. The van der Waals surface area contributed by atoms with E-state index in [0.717, 1.165) is 6.42 Å². The predicted octanol–water partition coefficient (Wildman–Crippen LogP) is 3.17. The van der Waals surface area contributed by atoms with Crippen molar-refractivity contribution in [2.24, 2.45) is 10.4 Å². The van der Waals surface area contributed by atoms with Gasteiger partial charge in [-0.3, -0.25) is 4.99 Å². The Morgan fingerprint density at radius 2 is 2.18 bits per heavy atom. The maximum Gasteiger partial charge on any atom is 0.0256 e. The van der Waals surface area contributed by atoms with Crippen LogP contribution in [0.1, 0.15) is 40.0 Å². The Labute approximate surface area is 69.2 Å². The van der Waals surface area contributed by atoms with Crippen LogP contribution in [0.15, 0.2) is 16.8 Å². The molecule has 0 N–H and O–H groups in total. The summed E-state index contributed by atoms with van der Waals surface area (Å²) in [7, 11) is 0. The number of aliphatic imine (C=N–C) groups is 1. The monoisotopic (exact) mass is 151 g/mol. The minimum absolute atomic E-state index is 0.415. The maximum atomic E-state index is 4.16. The maximum absolute atomic E-state index is 4.16. The molecule has 0 atom stereocenters. The molecule has 11 heavy (non-hydrogen) atoms. The highest BCUT2D eigenvalue weighted by atomic mass is 14.7. The Hall–Kier alpha value is -0.590. The van der Waals surface area contributed by atoms with Crippen molar-refractivity contribution < 1.29 is 0 Å². The van der Waals surface area contributed by atoms with Crippen molar-refractivity contribution in [3.05, 3.63) is 11.8 Å². The summed E-state index contributed by atoms with van der Waals surface area (Å²) in [5, 5.41) is 0. The van der Waals surface area contributed by atoms with Gasteiger partial charge in [0.05, 0.1) is 0 Å².